The number of hydrogen-bond donors (Lipinski definition) is 1. The third-order valence-corrected chi connectivity index (χ3v) is 3.97. The Hall–Kier alpha value is -2.83. The Morgan fingerprint density at radius 1 is 1.05 bits per heavy atom. The zero-order valence-corrected chi connectivity index (χ0v) is 12.2. The summed E-state index contributed by atoms with van der Waals surface area (Å²) in [4.78, 5) is 7.93. The second-order valence-corrected chi connectivity index (χ2v) is 5.54. The van der Waals surface area contributed by atoms with Crippen molar-refractivity contribution in [2.75, 3.05) is 0 Å². The SMILES string of the molecule is N#Cc1ccc2[nH]cc(-c3ccc4cc(Cl)ccc4n3)c2c1. The van der Waals surface area contributed by atoms with Gasteiger partial charge in [0.25, 0.3) is 0 Å². The monoisotopic (exact) mass is 303 g/mol. The number of rotatable bonds is 1. The van der Waals surface area contributed by atoms with Gasteiger partial charge in [-0.2, -0.15) is 5.26 Å². The van der Waals surface area contributed by atoms with Gasteiger partial charge in [0.05, 0.1) is 22.8 Å². The van der Waals surface area contributed by atoms with Crippen LogP contribution in [0.1, 0.15) is 5.56 Å². The number of nitrogens with one attached hydrogen (secondary N) is 1. The summed E-state index contributed by atoms with van der Waals surface area (Å²) in [5, 5.41) is 11.8. The minimum absolute atomic E-state index is 0.640. The number of pyridine rings is 1. The summed E-state index contributed by atoms with van der Waals surface area (Å²) in [6, 6.07) is 17.4. The fourth-order valence-corrected chi connectivity index (χ4v) is 2.83. The van der Waals surface area contributed by atoms with E-state index in [1.165, 1.54) is 0 Å². The van der Waals surface area contributed by atoms with Crippen molar-refractivity contribution in [1.29, 1.82) is 5.26 Å². The zero-order valence-electron chi connectivity index (χ0n) is 11.5. The topological polar surface area (TPSA) is 52.5 Å². The highest BCUT2D eigenvalue weighted by Crippen LogP contribution is 2.29. The molecule has 4 heteroatoms. The van der Waals surface area contributed by atoms with Gasteiger partial charge in [0.1, 0.15) is 0 Å². The number of H-pyrrole nitrogens is 1. The van der Waals surface area contributed by atoms with Gasteiger partial charge in [0, 0.05) is 33.1 Å². The van der Waals surface area contributed by atoms with Crippen molar-refractivity contribution in [3.8, 4) is 17.3 Å². The van der Waals surface area contributed by atoms with Gasteiger partial charge in [-0.1, -0.05) is 17.7 Å². The molecule has 2 heterocycles. The standard InChI is InChI=1S/C18H10ClN3/c19-13-3-6-16-12(8-13)2-5-18(22-16)15-10-21-17-4-1-11(9-20)7-14(15)17/h1-8,10,21H. The quantitative estimate of drug-likeness (QED) is 0.543. The third-order valence-electron chi connectivity index (χ3n) is 3.74. The molecule has 4 aromatic rings. The van der Waals surface area contributed by atoms with Crippen LogP contribution in [0.3, 0.4) is 0 Å². The van der Waals surface area contributed by atoms with E-state index in [2.05, 4.69) is 11.1 Å². The van der Waals surface area contributed by atoms with Crippen molar-refractivity contribution in [3.05, 3.63) is 65.3 Å². The fourth-order valence-electron chi connectivity index (χ4n) is 2.65. The van der Waals surface area contributed by atoms with Gasteiger partial charge in [-0.25, -0.2) is 4.98 Å². The first kappa shape index (κ1) is 12.9. The Labute approximate surface area is 131 Å². The van der Waals surface area contributed by atoms with Crippen LogP contribution in [0.2, 0.25) is 5.02 Å². The lowest BCUT2D eigenvalue weighted by Gasteiger charge is -2.03. The van der Waals surface area contributed by atoms with Gasteiger partial charge >= 0.3 is 0 Å². The molecule has 4 rings (SSSR count). The summed E-state index contributed by atoms with van der Waals surface area (Å²) in [5.74, 6) is 0. The first-order valence-corrected chi connectivity index (χ1v) is 7.20. The zero-order chi connectivity index (χ0) is 15.1. The second-order valence-electron chi connectivity index (χ2n) is 5.11. The smallest absolute Gasteiger partial charge is 0.0991 e. The number of hydrogen-bond acceptors (Lipinski definition) is 2. The molecule has 0 saturated heterocycles. The maximum atomic E-state index is 9.08. The predicted octanol–water partition coefficient (Wildman–Crippen LogP) is 4.91. The maximum absolute atomic E-state index is 9.08. The van der Waals surface area contributed by atoms with Crippen LogP contribution < -0.4 is 0 Å². The maximum Gasteiger partial charge on any atom is 0.0991 e. The molecular weight excluding hydrogens is 294 g/mol. The van der Waals surface area contributed by atoms with Crippen LogP contribution in [0.4, 0.5) is 0 Å². The van der Waals surface area contributed by atoms with E-state index in [4.69, 9.17) is 21.8 Å². The van der Waals surface area contributed by atoms with Gasteiger partial charge < -0.3 is 4.98 Å². The molecule has 1 N–H and O–H groups in total. The van der Waals surface area contributed by atoms with Crippen LogP contribution in [-0.2, 0) is 0 Å². The minimum Gasteiger partial charge on any atom is -0.360 e. The van der Waals surface area contributed by atoms with Gasteiger partial charge in [0.15, 0.2) is 0 Å². The predicted molar refractivity (Wildman–Crippen MR) is 88.8 cm³/mol. The number of nitriles is 1. The normalized spacial score (nSPS) is 10.9. The summed E-state index contributed by atoms with van der Waals surface area (Å²) in [7, 11) is 0. The highest BCUT2D eigenvalue weighted by molar-refractivity contribution is 6.31. The van der Waals surface area contributed by atoms with E-state index in [-0.39, 0.29) is 0 Å². The highest BCUT2D eigenvalue weighted by Gasteiger charge is 2.09. The van der Waals surface area contributed by atoms with E-state index in [0.717, 1.165) is 33.1 Å². The number of nitrogens with zero attached hydrogens (tertiary/aromatic N) is 2. The molecule has 3 nitrogen and oxygen atoms in total. The molecule has 0 bridgehead atoms. The van der Waals surface area contributed by atoms with E-state index in [9.17, 15) is 0 Å². The lowest BCUT2D eigenvalue weighted by atomic mass is 10.1. The molecule has 104 valence electrons. The lowest BCUT2D eigenvalue weighted by molar-refractivity contribution is 1.40. The fraction of sp³-hybridized carbons (Fsp3) is 0. The summed E-state index contributed by atoms with van der Waals surface area (Å²) in [6.07, 6.45) is 1.93. The first-order chi connectivity index (χ1) is 10.7. The first-order valence-electron chi connectivity index (χ1n) is 6.82. The molecule has 0 spiro atoms. The van der Waals surface area contributed by atoms with E-state index in [1.807, 2.05) is 48.7 Å². The molecule has 0 radical (unpaired) electrons. The van der Waals surface area contributed by atoms with E-state index in [0.29, 0.717) is 10.6 Å². The summed E-state index contributed by atoms with van der Waals surface area (Å²) < 4.78 is 0. The van der Waals surface area contributed by atoms with Crippen LogP contribution in [0.15, 0.2) is 54.7 Å². The Bertz CT molecular complexity index is 1060. The number of aromatic nitrogens is 2. The van der Waals surface area contributed by atoms with Crippen molar-refractivity contribution in [2.45, 2.75) is 0 Å². The van der Waals surface area contributed by atoms with Crippen molar-refractivity contribution < 1.29 is 0 Å². The molecule has 0 atom stereocenters. The molecule has 22 heavy (non-hydrogen) atoms. The van der Waals surface area contributed by atoms with Gasteiger partial charge in [0.2, 0.25) is 0 Å². The Morgan fingerprint density at radius 2 is 1.95 bits per heavy atom. The number of halogens is 1. The molecule has 0 unspecified atom stereocenters. The van der Waals surface area contributed by atoms with Crippen LogP contribution in [0.5, 0.6) is 0 Å². The molecular formula is C18H10ClN3. The average Bonchev–Trinajstić information content (AvgIpc) is 2.97. The molecule has 0 aliphatic heterocycles. The van der Waals surface area contributed by atoms with Crippen LogP contribution in [0, 0.1) is 11.3 Å². The molecule has 0 amide bonds. The number of fused-ring (bicyclic) bond motifs is 2. The minimum atomic E-state index is 0.640. The van der Waals surface area contributed by atoms with Gasteiger partial charge in [-0.15, -0.1) is 0 Å². The molecule has 0 saturated carbocycles. The summed E-state index contributed by atoms with van der Waals surface area (Å²) >= 11 is 6.01. The van der Waals surface area contributed by atoms with Crippen molar-refractivity contribution in [1.82, 2.24) is 9.97 Å². The van der Waals surface area contributed by atoms with Crippen LogP contribution >= 0.6 is 11.6 Å². The van der Waals surface area contributed by atoms with Gasteiger partial charge in [-0.3, -0.25) is 0 Å². The van der Waals surface area contributed by atoms with Gasteiger partial charge in [-0.05, 0) is 42.5 Å². The highest BCUT2D eigenvalue weighted by atomic mass is 35.5. The van der Waals surface area contributed by atoms with Crippen LogP contribution in [-0.4, -0.2) is 9.97 Å². The number of benzene rings is 2. The number of aromatic amines is 1. The largest absolute Gasteiger partial charge is 0.360 e. The third kappa shape index (κ3) is 2.02. The summed E-state index contributed by atoms with van der Waals surface area (Å²) in [6.45, 7) is 0. The molecule has 2 aromatic carbocycles. The summed E-state index contributed by atoms with van der Waals surface area (Å²) in [5.41, 5.74) is 4.39. The molecule has 0 fully saturated rings. The molecule has 0 aliphatic rings. The Balaban J connectivity index is 1.95. The van der Waals surface area contributed by atoms with E-state index >= 15 is 0 Å². The van der Waals surface area contributed by atoms with Crippen LogP contribution in [0.25, 0.3) is 33.1 Å². The average molecular weight is 304 g/mol. The second kappa shape index (κ2) is 4.87. The van der Waals surface area contributed by atoms with Crippen molar-refractivity contribution in [2.24, 2.45) is 0 Å². The molecule has 0 aliphatic carbocycles. The van der Waals surface area contributed by atoms with E-state index < -0.39 is 0 Å². The van der Waals surface area contributed by atoms with E-state index in [1.54, 1.807) is 6.07 Å². The van der Waals surface area contributed by atoms with Crippen molar-refractivity contribution in [3.63, 3.8) is 0 Å². The molecule has 2 aromatic heterocycles. The Morgan fingerprint density at radius 3 is 2.82 bits per heavy atom. The van der Waals surface area contributed by atoms with Crippen molar-refractivity contribution >= 4 is 33.4 Å². The lowest BCUT2D eigenvalue weighted by Crippen LogP contribution is -1.84. The Kier molecular flexibility index (Phi) is 2.85.